The summed E-state index contributed by atoms with van der Waals surface area (Å²) < 4.78 is 4.82. The van der Waals surface area contributed by atoms with Gasteiger partial charge in [0.15, 0.2) is 0 Å². The average molecular weight is 268 g/mol. The molecule has 108 valence electrons. The van der Waals surface area contributed by atoms with E-state index in [4.69, 9.17) is 4.74 Å². The van der Waals surface area contributed by atoms with Crippen LogP contribution in [0.15, 0.2) is 0 Å². The van der Waals surface area contributed by atoms with Gasteiger partial charge >= 0.3 is 5.97 Å². The van der Waals surface area contributed by atoms with Crippen molar-refractivity contribution in [3.8, 4) is 0 Å². The number of hydrogen-bond acceptors (Lipinski definition) is 4. The lowest BCUT2D eigenvalue weighted by Gasteiger charge is -2.24. The van der Waals surface area contributed by atoms with Crippen LogP contribution in [0.4, 0.5) is 0 Å². The highest BCUT2D eigenvalue weighted by Crippen LogP contribution is 2.33. The molecule has 2 N–H and O–H groups in total. The van der Waals surface area contributed by atoms with Crippen molar-refractivity contribution >= 4 is 11.9 Å². The summed E-state index contributed by atoms with van der Waals surface area (Å²) in [6.07, 6.45) is 6.18. The minimum atomic E-state index is -0.254. The van der Waals surface area contributed by atoms with Crippen molar-refractivity contribution in [1.29, 1.82) is 0 Å². The van der Waals surface area contributed by atoms with Crippen molar-refractivity contribution in [3.63, 3.8) is 0 Å². The van der Waals surface area contributed by atoms with E-state index in [-0.39, 0.29) is 24.3 Å². The van der Waals surface area contributed by atoms with Crippen molar-refractivity contribution in [1.82, 2.24) is 10.6 Å². The number of nitrogens with one attached hydrogen (secondary N) is 2. The van der Waals surface area contributed by atoms with E-state index >= 15 is 0 Å². The molecule has 1 aliphatic carbocycles. The molecule has 0 aromatic carbocycles. The highest BCUT2D eigenvalue weighted by molar-refractivity contribution is 5.82. The van der Waals surface area contributed by atoms with Gasteiger partial charge in [-0.05, 0) is 32.1 Å². The fourth-order valence-electron chi connectivity index (χ4n) is 3.17. The first kappa shape index (κ1) is 14.3. The van der Waals surface area contributed by atoms with Crippen LogP contribution in [0.2, 0.25) is 0 Å². The van der Waals surface area contributed by atoms with Crippen molar-refractivity contribution in [2.45, 2.75) is 57.5 Å². The number of hydrogen-bond donors (Lipinski definition) is 2. The van der Waals surface area contributed by atoms with Crippen LogP contribution in [-0.4, -0.2) is 37.1 Å². The number of fused-ring (bicyclic) bond motifs is 1. The number of carbonyl (C=O) groups excluding carboxylic acids is 2. The second-order valence-corrected chi connectivity index (χ2v) is 5.45. The Morgan fingerprint density at radius 1 is 1.32 bits per heavy atom. The molecule has 1 aliphatic heterocycles. The van der Waals surface area contributed by atoms with Gasteiger partial charge in [0.05, 0.1) is 19.1 Å². The standard InChI is InChI=1S/C14H24N2O3/c1-2-19-13(17)7-8-15-14(18)12-9-10-5-3-4-6-11(10)16-12/h10-12,16H,2-9H2,1H3,(H,15,18). The van der Waals surface area contributed by atoms with Crippen molar-refractivity contribution in [2.75, 3.05) is 13.2 Å². The molecule has 1 amide bonds. The summed E-state index contributed by atoms with van der Waals surface area (Å²) in [5.74, 6) is 0.434. The Labute approximate surface area is 114 Å². The molecule has 1 saturated heterocycles. The first-order valence-electron chi connectivity index (χ1n) is 7.40. The lowest BCUT2D eigenvalue weighted by molar-refractivity contribution is -0.143. The van der Waals surface area contributed by atoms with E-state index in [1.807, 2.05) is 0 Å². The maximum atomic E-state index is 12.0. The molecule has 0 radical (unpaired) electrons. The van der Waals surface area contributed by atoms with Crippen molar-refractivity contribution in [3.05, 3.63) is 0 Å². The van der Waals surface area contributed by atoms with Crippen LogP contribution in [0, 0.1) is 5.92 Å². The molecular formula is C14H24N2O3. The van der Waals surface area contributed by atoms with Gasteiger partial charge in [-0.15, -0.1) is 0 Å². The summed E-state index contributed by atoms with van der Waals surface area (Å²) in [7, 11) is 0. The zero-order chi connectivity index (χ0) is 13.7. The van der Waals surface area contributed by atoms with Crippen LogP contribution < -0.4 is 10.6 Å². The van der Waals surface area contributed by atoms with E-state index in [9.17, 15) is 9.59 Å². The first-order chi connectivity index (χ1) is 9.20. The molecule has 0 spiro atoms. The van der Waals surface area contributed by atoms with Crippen LogP contribution in [0.3, 0.4) is 0 Å². The third-order valence-corrected chi connectivity index (χ3v) is 4.11. The minimum absolute atomic E-state index is 0.0266. The maximum Gasteiger partial charge on any atom is 0.307 e. The SMILES string of the molecule is CCOC(=O)CCNC(=O)C1CC2CCCCC2N1. The Bertz CT molecular complexity index is 319. The molecule has 19 heavy (non-hydrogen) atoms. The van der Waals surface area contributed by atoms with Gasteiger partial charge in [-0.25, -0.2) is 0 Å². The van der Waals surface area contributed by atoms with E-state index < -0.39 is 0 Å². The fourth-order valence-corrected chi connectivity index (χ4v) is 3.17. The summed E-state index contributed by atoms with van der Waals surface area (Å²) >= 11 is 0. The summed E-state index contributed by atoms with van der Waals surface area (Å²) in [4.78, 5) is 23.2. The largest absolute Gasteiger partial charge is 0.466 e. The third kappa shape index (κ3) is 3.93. The van der Waals surface area contributed by atoms with Crippen LogP contribution in [0.25, 0.3) is 0 Å². The first-order valence-corrected chi connectivity index (χ1v) is 7.40. The van der Waals surface area contributed by atoms with Gasteiger partial charge in [0, 0.05) is 12.6 Å². The molecule has 1 heterocycles. The predicted octanol–water partition coefficient (Wildman–Crippen LogP) is 0.976. The van der Waals surface area contributed by atoms with Crippen LogP contribution in [0.5, 0.6) is 0 Å². The molecule has 0 aromatic heterocycles. The minimum Gasteiger partial charge on any atom is -0.466 e. The molecular weight excluding hydrogens is 244 g/mol. The Kier molecular flexibility index (Phi) is 5.19. The Morgan fingerprint density at radius 3 is 2.84 bits per heavy atom. The molecule has 5 heteroatoms. The quantitative estimate of drug-likeness (QED) is 0.729. The van der Waals surface area contributed by atoms with Gasteiger partial charge in [0.2, 0.25) is 5.91 Å². The summed E-state index contributed by atoms with van der Waals surface area (Å²) in [6.45, 7) is 2.53. The summed E-state index contributed by atoms with van der Waals surface area (Å²) in [5, 5.41) is 6.25. The number of ether oxygens (including phenoxy) is 1. The van der Waals surface area contributed by atoms with Crippen LogP contribution in [0.1, 0.15) is 45.4 Å². The highest BCUT2D eigenvalue weighted by atomic mass is 16.5. The molecule has 2 aliphatic rings. The molecule has 3 atom stereocenters. The molecule has 2 rings (SSSR count). The molecule has 3 unspecified atom stereocenters. The summed E-state index contributed by atoms with van der Waals surface area (Å²) in [6, 6.07) is 0.449. The van der Waals surface area contributed by atoms with E-state index in [0.717, 1.165) is 6.42 Å². The van der Waals surface area contributed by atoms with Crippen molar-refractivity contribution in [2.24, 2.45) is 5.92 Å². The van der Waals surface area contributed by atoms with E-state index in [0.29, 0.717) is 25.1 Å². The zero-order valence-corrected chi connectivity index (χ0v) is 11.6. The molecule has 5 nitrogen and oxygen atoms in total. The van der Waals surface area contributed by atoms with Gasteiger partial charge in [-0.2, -0.15) is 0 Å². The fraction of sp³-hybridized carbons (Fsp3) is 0.857. The van der Waals surface area contributed by atoms with Crippen molar-refractivity contribution < 1.29 is 14.3 Å². The third-order valence-electron chi connectivity index (χ3n) is 4.11. The second kappa shape index (κ2) is 6.89. The second-order valence-electron chi connectivity index (χ2n) is 5.45. The normalized spacial score (nSPS) is 29.6. The van der Waals surface area contributed by atoms with Crippen LogP contribution >= 0.6 is 0 Å². The number of rotatable bonds is 5. The molecule has 2 fully saturated rings. The lowest BCUT2D eigenvalue weighted by Crippen LogP contribution is -2.43. The number of amides is 1. The monoisotopic (exact) mass is 268 g/mol. The predicted molar refractivity (Wildman–Crippen MR) is 71.5 cm³/mol. The number of esters is 1. The van der Waals surface area contributed by atoms with Gasteiger partial charge < -0.3 is 15.4 Å². The number of carbonyl (C=O) groups is 2. The van der Waals surface area contributed by atoms with E-state index in [2.05, 4.69) is 10.6 Å². The molecule has 1 saturated carbocycles. The highest BCUT2D eigenvalue weighted by Gasteiger charge is 2.37. The average Bonchev–Trinajstić information content (AvgIpc) is 2.82. The summed E-state index contributed by atoms with van der Waals surface area (Å²) in [5.41, 5.74) is 0. The topological polar surface area (TPSA) is 67.4 Å². The zero-order valence-electron chi connectivity index (χ0n) is 11.6. The van der Waals surface area contributed by atoms with E-state index in [1.54, 1.807) is 6.92 Å². The van der Waals surface area contributed by atoms with Gasteiger partial charge in [0.1, 0.15) is 0 Å². The molecule has 0 bridgehead atoms. The lowest BCUT2D eigenvalue weighted by atomic mass is 9.85. The van der Waals surface area contributed by atoms with Gasteiger partial charge in [-0.3, -0.25) is 9.59 Å². The molecule has 0 aromatic rings. The maximum absolute atomic E-state index is 12.0. The van der Waals surface area contributed by atoms with Gasteiger partial charge in [0.25, 0.3) is 0 Å². The smallest absolute Gasteiger partial charge is 0.307 e. The Balaban J connectivity index is 1.68. The van der Waals surface area contributed by atoms with E-state index in [1.165, 1.54) is 25.7 Å². The Hall–Kier alpha value is -1.10. The van der Waals surface area contributed by atoms with Crippen LogP contribution in [-0.2, 0) is 14.3 Å². The van der Waals surface area contributed by atoms with Gasteiger partial charge in [-0.1, -0.05) is 12.8 Å². The Morgan fingerprint density at radius 2 is 2.11 bits per heavy atom.